The van der Waals surface area contributed by atoms with Crippen molar-refractivity contribution >= 4 is 5.91 Å². The molecule has 3 rings (SSSR count). The van der Waals surface area contributed by atoms with E-state index >= 15 is 0 Å². The van der Waals surface area contributed by atoms with E-state index in [1.807, 2.05) is 6.07 Å². The van der Waals surface area contributed by atoms with Crippen molar-refractivity contribution in [1.82, 2.24) is 5.32 Å². The van der Waals surface area contributed by atoms with E-state index in [1.54, 1.807) is 0 Å². The monoisotopic (exact) mass is 287 g/mol. The van der Waals surface area contributed by atoms with Crippen molar-refractivity contribution in [3.05, 3.63) is 35.4 Å². The molecule has 0 bridgehead atoms. The lowest BCUT2D eigenvalue weighted by molar-refractivity contribution is -0.127. The van der Waals surface area contributed by atoms with Crippen LogP contribution in [0.1, 0.15) is 56.6 Å². The van der Waals surface area contributed by atoms with E-state index in [2.05, 4.69) is 30.4 Å². The summed E-state index contributed by atoms with van der Waals surface area (Å²) in [6, 6.07) is 8.58. The van der Waals surface area contributed by atoms with Gasteiger partial charge in [0.1, 0.15) is 0 Å². The third kappa shape index (κ3) is 2.84. The number of nitrogens with one attached hydrogen (secondary N) is 1. The molecule has 1 aromatic carbocycles. The fraction of sp³-hybridized carbons (Fsp3) is 0.611. The molecule has 2 aliphatic rings. The first-order valence-electron chi connectivity index (χ1n) is 8.17. The van der Waals surface area contributed by atoms with Crippen LogP contribution in [0.5, 0.6) is 0 Å². The lowest BCUT2D eigenvalue weighted by Gasteiger charge is -2.37. The molecule has 1 saturated carbocycles. The van der Waals surface area contributed by atoms with Gasteiger partial charge in [-0.15, -0.1) is 0 Å². The predicted molar refractivity (Wildman–Crippen MR) is 83.1 cm³/mol. The molecular weight excluding hydrogens is 262 g/mol. The molecule has 2 N–H and O–H groups in total. The molecule has 0 aliphatic heterocycles. The number of aryl methyl sites for hydroxylation is 1. The first kappa shape index (κ1) is 14.6. The zero-order valence-electron chi connectivity index (χ0n) is 12.8. The Morgan fingerprint density at radius 2 is 1.95 bits per heavy atom. The predicted octanol–water partition coefficient (Wildman–Crippen LogP) is 2.70. The highest BCUT2D eigenvalue weighted by atomic mass is 16.3. The number of aliphatic hydroxyl groups excluding tert-OH is 1. The highest BCUT2D eigenvalue weighted by molar-refractivity contribution is 5.88. The molecule has 2 aliphatic carbocycles. The van der Waals surface area contributed by atoms with Crippen LogP contribution in [0.25, 0.3) is 0 Å². The second kappa shape index (κ2) is 5.80. The smallest absolute Gasteiger partial charge is 0.230 e. The van der Waals surface area contributed by atoms with E-state index in [1.165, 1.54) is 11.1 Å². The van der Waals surface area contributed by atoms with Gasteiger partial charge in [-0.05, 0) is 63.0 Å². The second-order valence-corrected chi connectivity index (χ2v) is 6.82. The SMILES string of the molecule is CC1(C(=O)NC2CCC(O)CC2)CCCc2ccccc21. The van der Waals surface area contributed by atoms with Gasteiger partial charge in [0.15, 0.2) is 0 Å². The molecule has 1 unspecified atom stereocenters. The molecule has 1 amide bonds. The summed E-state index contributed by atoms with van der Waals surface area (Å²) in [5.41, 5.74) is 2.12. The summed E-state index contributed by atoms with van der Waals surface area (Å²) in [7, 11) is 0. The molecule has 0 spiro atoms. The minimum atomic E-state index is -0.398. The van der Waals surface area contributed by atoms with Crippen LogP contribution in [0.15, 0.2) is 24.3 Å². The Morgan fingerprint density at radius 3 is 2.71 bits per heavy atom. The van der Waals surface area contributed by atoms with Gasteiger partial charge < -0.3 is 10.4 Å². The lowest BCUT2D eigenvalue weighted by Crippen LogP contribution is -2.49. The summed E-state index contributed by atoms with van der Waals surface area (Å²) in [6.07, 6.45) is 6.29. The normalized spacial score (nSPS) is 32.3. The van der Waals surface area contributed by atoms with Crippen molar-refractivity contribution in [3.63, 3.8) is 0 Å². The number of carbonyl (C=O) groups excluding carboxylic acids is 1. The van der Waals surface area contributed by atoms with Gasteiger partial charge in [-0.25, -0.2) is 0 Å². The third-order valence-electron chi connectivity index (χ3n) is 5.27. The Bertz CT molecular complexity index is 520. The molecule has 1 fully saturated rings. The van der Waals surface area contributed by atoms with Crippen molar-refractivity contribution in [2.75, 3.05) is 0 Å². The van der Waals surface area contributed by atoms with Crippen LogP contribution < -0.4 is 5.32 Å². The van der Waals surface area contributed by atoms with Gasteiger partial charge in [0.25, 0.3) is 0 Å². The van der Waals surface area contributed by atoms with Gasteiger partial charge >= 0.3 is 0 Å². The Balaban J connectivity index is 1.75. The van der Waals surface area contributed by atoms with Gasteiger partial charge in [0.05, 0.1) is 11.5 Å². The summed E-state index contributed by atoms with van der Waals surface area (Å²) < 4.78 is 0. The Morgan fingerprint density at radius 1 is 1.24 bits per heavy atom. The van der Waals surface area contributed by atoms with Gasteiger partial charge in [-0.3, -0.25) is 4.79 Å². The molecule has 1 atom stereocenters. The van der Waals surface area contributed by atoms with Gasteiger partial charge in [0.2, 0.25) is 5.91 Å². The number of fused-ring (bicyclic) bond motifs is 1. The molecule has 0 heterocycles. The maximum Gasteiger partial charge on any atom is 0.230 e. The van der Waals surface area contributed by atoms with Crippen LogP contribution in [0.4, 0.5) is 0 Å². The molecule has 0 saturated heterocycles. The fourth-order valence-electron chi connectivity index (χ4n) is 3.84. The van der Waals surface area contributed by atoms with Crippen LogP contribution >= 0.6 is 0 Å². The number of aliphatic hydroxyl groups is 1. The van der Waals surface area contributed by atoms with Crippen LogP contribution in [-0.2, 0) is 16.6 Å². The minimum Gasteiger partial charge on any atom is -0.393 e. The average Bonchev–Trinajstić information content (AvgIpc) is 2.50. The largest absolute Gasteiger partial charge is 0.393 e. The van der Waals surface area contributed by atoms with Gasteiger partial charge in [-0.1, -0.05) is 24.3 Å². The highest BCUT2D eigenvalue weighted by Gasteiger charge is 2.39. The number of benzene rings is 1. The van der Waals surface area contributed by atoms with Crippen molar-refractivity contribution in [2.45, 2.75) is 69.4 Å². The average molecular weight is 287 g/mol. The van der Waals surface area contributed by atoms with Crippen LogP contribution in [-0.4, -0.2) is 23.2 Å². The Hall–Kier alpha value is -1.35. The van der Waals surface area contributed by atoms with E-state index in [0.717, 1.165) is 44.9 Å². The molecule has 0 aromatic heterocycles. The van der Waals surface area contributed by atoms with Crippen LogP contribution in [0.2, 0.25) is 0 Å². The maximum atomic E-state index is 12.9. The number of amides is 1. The van der Waals surface area contributed by atoms with E-state index in [4.69, 9.17) is 0 Å². The summed E-state index contributed by atoms with van der Waals surface area (Å²) >= 11 is 0. The summed E-state index contributed by atoms with van der Waals surface area (Å²) in [4.78, 5) is 12.9. The molecule has 114 valence electrons. The Kier molecular flexibility index (Phi) is 4.03. The third-order valence-corrected chi connectivity index (χ3v) is 5.27. The molecule has 0 radical (unpaired) electrons. The van der Waals surface area contributed by atoms with Crippen molar-refractivity contribution in [1.29, 1.82) is 0 Å². The first-order chi connectivity index (χ1) is 10.1. The molecule has 3 nitrogen and oxygen atoms in total. The molecule has 3 heteroatoms. The number of hydrogen-bond donors (Lipinski definition) is 2. The topological polar surface area (TPSA) is 49.3 Å². The Labute approximate surface area is 126 Å². The zero-order chi connectivity index (χ0) is 14.9. The lowest BCUT2D eigenvalue weighted by atomic mass is 9.70. The number of rotatable bonds is 2. The number of hydrogen-bond acceptors (Lipinski definition) is 2. The molecule has 1 aromatic rings. The second-order valence-electron chi connectivity index (χ2n) is 6.82. The van der Waals surface area contributed by atoms with Crippen molar-refractivity contribution < 1.29 is 9.90 Å². The highest BCUT2D eigenvalue weighted by Crippen LogP contribution is 2.37. The van der Waals surface area contributed by atoms with Crippen molar-refractivity contribution in [3.8, 4) is 0 Å². The van der Waals surface area contributed by atoms with E-state index < -0.39 is 5.41 Å². The summed E-state index contributed by atoms with van der Waals surface area (Å²) in [6.45, 7) is 2.08. The fourth-order valence-corrected chi connectivity index (χ4v) is 3.84. The first-order valence-corrected chi connectivity index (χ1v) is 8.17. The molecular formula is C18H25NO2. The summed E-state index contributed by atoms with van der Waals surface area (Å²) in [5, 5.41) is 12.8. The van der Waals surface area contributed by atoms with Gasteiger partial charge in [0, 0.05) is 6.04 Å². The van der Waals surface area contributed by atoms with Crippen molar-refractivity contribution in [2.24, 2.45) is 0 Å². The number of carbonyl (C=O) groups is 1. The zero-order valence-corrected chi connectivity index (χ0v) is 12.8. The van der Waals surface area contributed by atoms with E-state index in [-0.39, 0.29) is 18.1 Å². The molecule has 21 heavy (non-hydrogen) atoms. The van der Waals surface area contributed by atoms with E-state index in [9.17, 15) is 9.90 Å². The van der Waals surface area contributed by atoms with E-state index in [0.29, 0.717) is 0 Å². The van der Waals surface area contributed by atoms with Crippen LogP contribution in [0.3, 0.4) is 0 Å². The summed E-state index contributed by atoms with van der Waals surface area (Å²) in [5.74, 6) is 0.163. The van der Waals surface area contributed by atoms with Crippen LogP contribution in [0, 0.1) is 0 Å². The minimum absolute atomic E-state index is 0.163. The maximum absolute atomic E-state index is 12.9. The van der Waals surface area contributed by atoms with Gasteiger partial charge in [-0.2, -0.15) is 0 Å². The standard InChI is InChI=1S/C18H25NO2/c1-18(12-4-6-13-5-2-3-7-16(13)18)17(21)19-14-8-10-15(20)11-9-14/h2-3,5,7,14-15,20H,4,6,8-12H2,1H3,(H,19,21). The quantitative estimate of drug-likeness (QED) is 0.878.